The molecule has 2 nitrogen and oxygen atoms in total. The molecule has 0 spiro atoms. The van der Waals surface area contributed by atoms with E-state index in [2.05, 4.69) is 48.0 Å². The van der Waals surface area contributed by atoms with Gasteiger partial charge in [-0.1, -0.05) is 60.8 Å². The van der Waals surface area contributed by atoms with E-state index in [0.717, 1.165) is 10.9 Å². The Balaban J connectivity index is 2.18. The summed E-state index contributed by atoms with van der Waals surface area (Å²) < 4.78 is 7.56. The molecule has 0 amide bonds. The van der Waals surface area contributed by atoms with E-state index in [1.165, 1.54) is 31.2 Å². The van der Waals surface area contributed by atoms with Crippen LogP contribution in [0.3, 0.4) is 0 Å². The van der Waals surface area contributed by atoms with Crippen molar-refractivity contribution in [1.82, 2.24) is 0 Å². The van der Waals surface area contributed by atoms with Gasteiger partial charge in [0.15, 0.2) is 0 Å². The molecule has 3 heteroatoms. The van der Waals surface area contributed by atoms with Crippen LogP contribution in [0, 0.1) is 5.92 Å². The van der Waals surface area contributed by atoms with Gasteiger partial charge in [0.1, 0.15) is 0 Å². The highest BCUT2D eigenvalue weighted by Gasteiger charge is 2.29. The first kappa shape index (κ1) is 16.0. The molecule has 0 radical (unpaired) electrons. The molecule has 0 saturated heterocycles. The van der Waals surface area contributed by atoms with Gasteiger partial charge in [-0.05, 0) is 36.8 Å². The van der Waals surface area contributed by atoms with Crippen molar-refractivity contribution >= 4 is 15.9 Å². The fraction of sp³-hybridized carbons (Fsp3) is 0.647. The third-order valence-electron chi connectivity index (χ3n) is 4.43. The second kappa shape index (κ2) is 7.58. The smallest absolute Gasteiger partial charge is 0.0990 e. The lowest BCUT2D eigenvalue weighted by Gasteiger charge is -2.35. The molecule has 1 saturated carbocycles. The molecule has 20 heavy (non-hydrogen) atoms. The summed E-state index contributed by atoms with van der Waals surface area (Å²) in [6, 6.07) is 8.33. The third-order valence-corrected chi connectivity index (χ3v) is 5.15. The highest BCUT2D eigenvalue weighted by molar-refractivity contribution is 9.10. The molecular formula is C17H26BrNO. The lowest BCUT2D eigenvalue weighted by Crippen LogP contribution is -2.35. The molecule has 2 N–H and O–H groups in total. The van der Waals surface area contributed by atoms with Gasteiger partial charge in [0.05, 0.1) is 12.2 Å². The molecule has 1 aliphatic carbocycles. The standard InChI is InChI=1S/C17H26BrNO/c1-3-15(19)17(13-9-5-6-10-14(13)18)20-16-11-7-4-8-12(16)2/h5-6,9-10,12,15-17H,3-4,7-8,11,19H2,1-2H3. The molecule has 112 valence electrons. The molecule has 0 bridgehead atoms. The zero-order valence-electron chi connectivity index (χ0n) is 12.5. The van der Waals surface area contributed by atoms with Crippen LogP contribution in [0.4, 0.5) is 0 Å². The van der Waals surface area contributed by atoms with Crippen LogP contribution >= 0.6 is 15.9 Å². The van der Waals surface area contributed by atoms with Gasteiger partial charge in [0.2, 0.25) is 0 Å². The summed E-state index contributed by atoms with van der Waals surface area (Å²) in [5.74, 6) is 0.637. The number of hydrogen-bond acceptors (Lipinski definition) is 2. The van der Waals surface area contributed by atoms with Crippen LogP contribution in [0.15, 0.2) is 28.7 Å². The first-order valence-corrected chi connectivity index (χ1v) is 8.58. The van der Waals surface area contributed by atoms with Crippen LogP contribution in [-0.2, 0) is 4.74 Å². The average Bonchev–Trinajstić information content (AvgIpc) is 2.47. The molecule has 0 aliphatic heterocycles. The van der Waals surface area contributed by atoms with Gasteiger partial charge in [-0.2, -0.15) is 0 Å². The summed E-state index contributed by atoms with van der Waals surface area (Å²) in [6.07, 6.45) is 6.31. The van der Waals surface area contributed by atoms with E-state index in [4.69, 9.17) is 10.5 Å². The molecule has 0 aromatic heterocycles. The van der Waals surface area contributed by atoms with Gasteiger partial charge < -0.3 is 10.5 Å². The van der Waals surface area contributed by atoms with Gasteiger partial charge in [0, 0.05) is 10.5 Å². The maximum atomic E-state index is 6.47. The average molecular weight is 340 g/mol. The lowest BCUT2D eigenvalue weighted by molar-refractivity contribution is -0.0680. The highest BCUT2D eigenvalue weighted by Crippen LogP contribution is 2.35. The van der Waals surface area contributed by atoms with Gasteiger partial charge in [-0.25, -0.2) is 0 Å². The minimum atomic E-state index is -0.0128. The number of benzene rings is 1. The second-order valence-corrected chi connectivity index (χ2v) is 6.80. The van der Waals surface area contributed by atoms with Crippen molar-refractivity contribution in [3.8, 4) is 0 Å². The summed E-state index contributed by atoms with van der Waals surface area (Å²) in [5, 5.41) is 0. The Bertz CT molecular complexity index is 423. The Morgan fingerprint density at radius 1 is 1.30 bits per heavy atom. The monoisotopic (exact) mass is 339 g/mol. The van der Waals surface area contributed by atoms with Crippen LogP contribution in [0.2, 0.25) is 0 Å². The van der Waals surface area contributed by atoms with Crippen molar-refractivity contribution in [1.29, 1.82) is 0 Å². The SMILES string of the molecule is CCC(N)C(OC1CCCCC1C)c1ccccc1Br. The lowest BCUT2D eigenvalue weighted by atomic mass is 9.87. The Kier molecular flexibility index (Phi) is 6.06. The predicted octanol–water partition coefficient (Wildman–Crippen LogP) is 4.82. The molecule has 1 aliphatic rings. The number of rotatable bonds is 5. The third kappa shape index (κ3) is 3.84. The van der Waals surface area contributed by atoms with E-state index in [-0.39, 0.29) is 12.1 Å². The zero-order valence-corrected chi connectivity index (χ0v) is 14.1. The van der Waals surface area contributed by atoms with Crippen LogP contribution in [-0.4, -0.2) is 12.1 Å². The number of nitrogens with two attached hydrogens (primary N) is 1. The van der Waals surface area contributed by atoms with Crippen LogP contribution < -0.4 is 5.73 Å². The minimum absolute atomic E-state index is 0.0128. The Hall–Kier alpha value is -0.380. The van der Waals surface area contributed by atoms with E-state index in [1.54, 1.807) is 0 Å². The fourth-order valence-corrected chi connectivity index (χ4v) is 3.51. The van der Waals surface area contributed by atoms with Crippen molar-refractivity contribution < 1.29 is 4.74 Å². The Morgan fingerprint density at radius 2 is 2.00 bits per heavy atom. The topological polar surface area (TPSA) is 35.2 Å². The molecule has 2 rings (SSSR count). The van der Waals surface area contributed by atoms with Crippen LogP contribution in [0.1, 0.15) is 57.6 Å². The second-order valence-electron chi connectivity index (χ2n) is 5.95. The first-order chi connectivity index (χ1) is 9.63. The molecule has 0 heterocycles. The van der Waals surface area contributed by atoms with E-state index >= 15 is 0 Å². The van der Waals surface area contributed by atoms with Crippen LogP contribution in [0.5, 0.6) is 0 Å². The Labute approximate surface area is 131 Å². The van der Waals surface area contributed by atoms with E-state index in [1.807, 2.05) is 6.07 Å². The van der Waals surface area contributed by atoms with Crippen molar-refractivity contribution in [3.05, 3.63) is 34.3 Å². The quantitative estimate of drug-likeness (QED) is 0.834. The van der Waals surface area contributed by atoms with Gasteiger partial charge in [-0.3, -0.25) is 0 Å². The summed E-state index contributed by atoms with van der Waals surface area (Å²) in [5.41, 5.74) is 7.52. The molecule has 4 unspecified atom stereocenters. The first-order valence-electron chi connectivity index (χ1n) is 7.79. The number of ether oxygens (including phenoxy) is 1. The van der Waals surface area contributed by atoms with E-state index < -0.39 is 0 Å². The molecular weight excluding hydrogens is 314 g/mol. The summed E-state index contributed by atoms with van der Waals surface area (Å²) >= 11 is 3.64. The minimum Gasteiger partial charge on any atom is -0.368 e. The van der Waals surface area contributed by atoms with Crippen molar-refractivity contribution in [2.75, 3.05) is 0 Å². The van der Waals surface area contributed by atoms with Crippen molar-refractivity contribution in [2.24, 2.45) is 11.7 Å². The van der Waals surface area contributed by atoms with Crippen molar-refractivity contribution in [3.63, 3.8) is 0 Å². The van der Waals surface area contributed by atoms with Gasteiger partial charge in [0.25, 0.3) is 0 Å². The normalized spacial score (nSPS) is 26.2. The maximum absolute atomic E-state index is 6.47. The molecule has 1 aromatic carbocycles. The van der Waals surface area contributed by atoms with Gasteiger partial charge >= 0.3 is 0 Å². The Morgan fingerprint density at radius 3 is 2.65 bits per heavy atom. The van der Waals surface area contributed by atoms with Gasteiger partial charge in [-0.15, -0.1) is 0 Å². The van der Waals surface area contributed by atoms with E-state index in [0.29, 0.717) is 12.0 Å². The summed E-state index contributed by atoms with van der Waals surface area (Å²) in [4.78, 5) is 0. The van der Waals surface area contributed by atoms with Crippen molar-refractivity contribution in [2.45, 2.75) is 64.2 Å². The number of hydrogen-bond donors (Lipinski definition) is 1. The van der Waals surface area contributed by atoms with Crippen LogP contribution in [0.25, 0.3) is 0 Å². The zero-order chi connectivity index (χ0) is 14.5. The fourth-order valence-electron chi connectivity index (χ4n) is 3.00. The molecule has 4 atom stereocenters. The highest BCUT2D eigenvalue weighted by atomic mass is 79.9. The summed E-state index contributed by atoms with van der Waals surface area (Å²) in [7, 11) is 0. The predicted molar refractivity (Wildman–Crippen MR) is 87.7 cm³/mol. The largest absolute Gasteiger partial charge is 0.368 e. The molecule has 1 fully saturated rings. The number of halogens is 1. The maximum Gasteiger partial charge on any atom is 0.0990 e. The molecule has 1 aromatic rings. The summed E-state index contributed by atoms with van der Waals surface area (Å²) in [6.45, 7) is 4.43. The van der Waals surface area contributed by atoms with E-state index in [9.17, 15) is 0 Å².